The first-order valence-electron chi connectivity index (χ1n) is 6.73. The number of anilines is 1. The van der Waals surface area contributed by atoms with Crippen molar-refractivity contribution in [1.82, 2.24) is 20.2 Å². The zero-order valence-corrected chi connectivity index (χ0v) is 11.3. The van der Waals surface area contributed by atoms with E-state index in [4.69, 9.17) is 5.73 Å². The van der Waals surface area contributed by atoms with Crippen molar-refractivity contribution in [2.45, 2.75) is 31.7 Å². The fourth-order valence-electron chi connectivity index (χ4n) is 2.42. The van der Waals surface area contributed by atoms with Crippen molar-refractivity contribution in [3.63, 3.8) is 0 Å². The van der Waals surface area contributed by atoms with E-state index < -0.39 is 0 Å². The smallest absolute Gasteiger partial charge is 0.271 e. The van der Waals surface area contributed by atoms with Gasteiger partial charge < -0.3 is 16.0 Å². The number of aromatic nitrogens is 2. The van der Waals surface area contributed by atoms with E-state index in [1.54, 1.807) is 0 Å². The Bertz CT molecular complexity index is 414. The van der Waals surface area contributed by atoms with Gasteiger partial charge in [0.1, 0.15) is 11.5 Å². The number of amides is 1. The maximum absolute atomic E-state index is 11.8. The number of hydrogen-bond acceptors (Lipinski definition) is 5. The second-order valence-corrected chi connectivity index (χ2v) is 5.00. The van der Waals surface area contributed by atoms with Crippen LogP contribution < -0.4 is 11.1 Å². The molecule has 0 bridgehead atoms. The largest absolute Gasteiger partial charge is 0.382 e. The number of rotatable bonds is 5. The molecule has 6 nitrogen and oxygen atoms in total. The highest BCUT2D eigenvalue weighted by molar-refractivity contribution is 5.91. The van der Waals surface area contributed by atoms with Crippen LogP contribution in [0.3, 0.4) is 0 Å². The van der Waals surface area contributed by atoms with Gasteiger partial charge in [-0.3, -0.25) is 4.79 Å². The molecule has 2 rings (SSSR count). The quantitative estimate of drug-likeness (QED) is 0.815. The lowest BCUT2D eigenvalue weighted by molar-refractivity contribution is 0.0942. The molecule has 1 aliphatic carbocycles. The van der Waals surface area contributed by atoms with Crippen LogP contribution >= 0.6 is 0 Å². The molecular weight excluding hydrogens is 242 g/mol. The summed E-state index contributed by atoms with van der Waals surface area (Å²) in [6.07, 6.45) is 7.97. The summed E-state index contributed by atoms with van der Waals surface area (Å²) < 4.78 is 0. The number of carbonyl (C=O) groups is 1. The van der Waals surface area contributed by atoms with E-state index >= 15 is 0 Å². The van der Waals surface area contributed by atoms with E-state index in [0.29, 0.717) is 24.1 Å². The molecule has 1 aromatic rings. The Kier molecular flexibility index (Phi) is 4.68. The van der Waals surface area contributed by atoms with Crippen molar-refractivity contribution in [1.29, 1.82) is 0 Å². The number of likely N-dealkylation sites (N-methyl/N-ethyl adjacent to an activating group) is 1. The van der Waals surface area contributed by atoms with Crippen LogP contribution in [0.4, 0.5) is 5.82 Å². The third kappa shape index (κ3) is 3.89. The maximum Gasteiger partial charge on any atom is 0.271 e. The Morgan fingerprint density at radius 3 is 2.79 bits per heavy atom. The lowest BCUT2D eigenvalue weighted by atomic mass is 10.2. The van der Waals surface area contributed by atoms with Crippen molar-refractivity contribution >= 4 is 11.7 Å². The highest BCUT2D eigenvalue weighted by Crippen LogP contribution is 2.21. The lowest BCUT2D eigenvalue weighted by Gasteiger charge is -2.23. The Morgan fingerprint density at radius 2 is 2.16 bits per heavy atom. The Labute approximate surface area is 113 Å². The van der Waals surface area contributed by atoms with E-state index in [0.717, 1.165) is 6.54 Å². The first-order chi connectivity index (χ1) is 9.16. The van der Waals surface area contributed by atoms with Gasteiger partial charge >= 0.3 is 0 Å². The van der Waals surface area contributed by atoms with Crippen molar-refractivity contribution in [2.24, 2.45) is 0 Å². The minimum absolute atomic E-state index is 0.202. The summed E-state index contributed by atoms with van der Waals surface area (Å²) in [6, 6.07) is 0.674. The molecule has 1 saturated carbocycles. The Balaban J connectivity index is 1.73. The fraction of sp³-hybridized carbons (Fsp3) is 0.615. The van der Waals surface area contributed by atoms with E-state index in [1.807, 2.05) is 0 Å². The molecule has 0 saturated heterocycles. The summed E-state index contributed by atoms with van der Waals surface area (Å²) in [5.41, 5.74) is 5.73. The molecule has 1 fully saturated rings. The number of nitrogens with two attached hydrogens (primary N) is 1. The average molecular weight is 263 g/mol. The van der Waals surface area contributed by atoms with Gasteiger partial charge in [-0.05, 0) is 19.9 Å². The number of nitrogen functional groups attached to an aromatic ring is 1. The van der Waals surface area contributed by atoms with Gasteiger partial charge in [0.25, 0.3) is 5.91 Å². The highest BCUT2D eigenvalue weighted by Gasteiger charge is 2.19. The van der Waals surface area contributed by atoms with Crippen molar-refractivity contribution in [3.8, 4) is 0 Å². The second kappa shape index (κ2) is 6.47. The first kappa shape index (κ1) is 13.7. The molecule has 0 aliphatic heterocycles. The maximum atomic E-state index is 11.8. The average Bonchev–Trinajstić information content (AvgIpc) is 2.93. The highest BCUT2D eigenvalue weighted by atomic mass is 16.1. The summed E-state index contributed by atoms with van der Waals surface area (Å²) in [6.45, 7) is 1.48. The monoisotopic (exact) mass is 263 g/mol. The lowest BCUT2D eigenvalue weighted by Crippen LogP contribution is -2.37. The molecule has 104 valence electrons. The first-order valence-corrected chi connectivity index (χ1v) is 6.73. The normalized spacial score (nSPS) is 15.9. The minimum atomic E-state index is -0.202. The third-order valence-corrected chi connectivity index (χ3v) is 3.60. The predicted molar refractivity (Wildman–Crippen MR) is 73.7 cm³/mol. The van der Waals surface area contributed by atoms with Crippen molar-refractivity contribution < 1.29 is 4.79 Å². The molecule has 6 heteroatoms. The Hall–Kier alpha value is -1.69. The van der Waals surface area contributed by atoms with Gasteiger partial charge in [-0.2, -0.15) is 0 Å². The molecule has 19 heavy (non-hydrogen) atoms. The summed E-state index contributed by atoms with van der Waals surface area (Å²) in [5, 5.41) is 2.85. The van der Waals surface area contributed by atoms with Crippen LogP contribution in [0, 0.1) is 0 Å². The van der Waals surface area contributed by atoms with Crippen LogP contribution in [-0.4, -0.2) is 47.0 Å². The summed E-state index contributed by atoms with van der Waals surface area (Å²) in [7, 11) is 2.12. The van der Waals surface area contributed by atoms with Gasteiger partial charge in [0.05, 0.1) is 12.4 Å². The predicted octanol–water partition coefficient (Wildman–Crippen LogP) is 0.663. The third-order valence-electron chi connectivity index (χ3n) is 3.60. The molecule has 0 radical (unpaired) electrons. The van der Waals surface area contributed by atoms with Crippen LogP contribution in [0.5, 0.6) is 0 Å². The summed E-state index contributed by atoms with van der Waals surface area (Å²) in [4.78, 5) is 21.9. The van der Waals surface area contributed by atoms with E-state index in [9.17, 15) is 4.79 Å². The zero-order chi connectivity index (χ0) is 13.7. The van der Waals surface area contributed by atoms with Gasteiger partial charge in [-0.25, -0.2) is 9.97 Å². The summed E-state index contributed by atoms with van der Waals surface area (Å²) >= 11 is 0. The molecule has 0 aromatic carbocycles. The number of nitrogens with one attached hydrogen (secondary N) is 1. The minimum Gasteiger partial charge on any atom is -0.382 e. The van der Waals surface area contributed by atoms with E-state index in [2.05, 4.69) is 27.2 Å². The molecule has 1 aromatic heterocycles. The van der Waals surface area contributed by atoms with Gasteiger partial charge in [0.2, 0.25) is 0 Å². The summed E-state index contributed by atoms with van der Waals surface area (Å²) in [5.74, 6) is 0.116. The SMILES string of the molecule is CN(CCNC(=O)c1cnc(N)cn1)C1CCCC1. The fourth-order valence-corrected chi connectivity index (χ4v) is 2.42. The molecule has 0 spiro atoms. The second-order valence-electron chi connectivity index (χ2n) is 5.00. The molecule has 1 heterocycles. The molecule has 0 unspecified atom stereocenters. The van der Waals surface area contributed by atoms with Gasteiger partial charge in [0.15, 0.2) is 0 Å². The molecular formula is C13H21N5O. The Morgan fingerprint density at radius 1 is 1.42 bits per heavy atom. The van der Waals surface area contributed by atoms with Crippen LogP contribution in [0.25, 0.3) is 0 Å². The van der Waals surface area contributed by atoms with Crippen LogP contribution in [0.15, 0.2) is 12.4 Å². The van der Waals surface area contributed by atoms with Crippen molar-refractivity contribution in [3.05, 3.63) is 18.1 Å². The van der Waals surface area contributed by atoms with Crippen LogP contribution in [0.2, 0.25) is 0 Å². The van der Waals surface area contributed by atoms with Gasteiger partial charge in [-0.1, -0.05) is 12.8 Å². The molecule has 1 amide bonds. The molecule has 3 N–H and O–H groups in total. The zero-order valence-electron chi connectivity index (χ0n) is 11.3. The van der Waals surface area contributed by atoms with Gasteiger partial charge in [0, 0.05) is 19.1 Å². The van der Waals surface area contributed by atoms with E-state index in [-0.39, 0.29) is 5.91 Å². The van der Waals surface area contributed by atoms with Gasteiger partial charge in [-0.15, -0.1) is 0 Å². The van der Waals surface area contributed by atoms with Crippen LogP contribution in [-0.2, 0) is 0 Å². The topological polar surface area (TPSA) is 84.1 Å². The number of nitrogens with zero attached hydrogens (tertiary/aromatic N) is 3. The number of hydrogen-bond donors (Lipinski definition) is 2. The number of carbonyl (C=O) groups excluding carboxylic acids is 1. The van der Waals surface area contributed by atoms with Crippen molar-refractivity contribution in [2.75, 3.05) is 25.9 Å². The van der Waals surface area contributed by atoms with Crippen LogP contribution in [0.1, 0.15) is 36.2 Å². The standard InChI is InChI=1S/C13H21N5O/c1-18(10-4-2-3-5-10)7-6-15-13(19)11-8-17-12(14)9-16-11/h8-10H,2-7H2,1H3,(H2,14,17)(H,15,19). The van der Waals surface area contributed by atoms with E-state index in [1.165, 1.54) is 38.1 Å². The molecule has 1 aliphatic rings. The molecule has 0 atom stereocenters.